The van der Waals surface area contributed by atoms with Gasteiger partial charge in [0.15, 0.2) is 0 Å². The summed E-state index contributed by atoms with van der Waals surface area (Å²) in [5.41, 5.74) is 2.25. The van der Waals surface area contributed by atoms with Gasteiger partial charge in [0, 0.05) is 11.5 Å². The summed E-state index contributed by atoms with van der Waals surface area (Å²) in [5, 5.41) is 12.8. The first-order chi connectivity index (χ1) is 8.50. The molecule has 2 N–H and O–H groups in total. The van der Waals surface area contributed by atoms with Crippen molar-refractivity contribution in [1.82, 2.24) is 5.32 Å². The number of fused-ring (bicyclic) bond motifs is 1. The van der Waals surface area contributed by atoms with Crippen LogP contribution in [0.1, 0.15) is 37.3 Å². The van der Waals surface area contributed by atoms with Crippen LogP contribution in [-0.2, 0) is 11.2 Å². The SMILES string of the molecule is CC1(C)C(O)CC1NC(=O)C1Cc2ccccc21. The van der Waals surface area contributed by atoms with Gasteiger partial charge in [-0.15, -0.1) is 0 Å². The molecule has 2 aliphatic carbocycles. The first-order valence-electron chi connectivity index (χ1n) is 6.56. The van der Waals surface area contributed by atoms with Gasteiger partial charge in [0.25, 0.3) is 0 Å². The van der Waals surface area contributed by atoms with Crippen LogP contribution in [0.25, 0.3) is 0 Å². The largest absolute Gasteiger partial charge is 0.392 e. The lowest BCUT2D eigenvalue weighted by Gasteiger charge is -2.50. The lowest BCUT2D eigenvalue weighted by molar-refractivity contribution is -0.131. The first-order valence-corrected chi connectivity index (χ1v) is 6.56. The maximum Gasteiger partial charge on any atom is 0.228 e. The Bertz CT molecular complexity index is 495. The average Bonchev–Trinajstić information content (AvgIpc) is 2.30. The monoisotopic (exact) mass is 245 g/mol. The minimum Gasteiger partial charge on any atom is -0.392 e. The fourth-order valence-corrected chi connectivity index (χ4v) is 2.91. The minimum absolute atomic E-state index is 0.00902. The van der Waals surface area contributed by atoms with Crippen molar-refractivity contribution >= 4 is 5.91 Å². The number of carbonyl (C=O) groups is 1. The van der Waals surface area contributed by atoms with E-state index < -0.39 is 0 Å². The number of amides is 1. The lowest BCUT2D eigenvalue weighted by Crippen LogP contribution is -2.62. The molecule has 1 aromatic carbocycles. The van der Waals surface area contributed by atoms with Crippen LogP contribution in [0.5, 0.6) is 0 Å². The smallest absolute Gasteiger partial charge is 0.228 e. The summed E-state index contributed by atoms with van der Waals surface area (Å²) in [6.45, 7) is 4.00. The van der Waals surface area contributed by atoms with Crippen LogP contribution in [-0.4, -0.2) is 23.2 Å². The summed E-state index contributed by atoms with van der Waals surface area (Å²) in [7, 11) is 0. The molecule has 3 heteroatoms. The summed E-state index contributed by atoms with van der Waals surface area (Å²) in [4.78, 5) is 12.2. The summed E-state index contributed by atoms with van der Waals surface area (Å²) in [5.74, 6) is 0.119. The van der Waals surface area contributed by atoms with Crippen LogP contribution in [0, 0.1) is 5.41 Å². The van der Waals surface area contributed by atoms with E-state index in [9.17, 15) is 9.90 Å². The standard InChI is InChI=1S/C15H19NO2/c1-15(2)12(8-13(15)17)16-14(18)11-7-9-5-3-4-6-10(9)11/h3-6,11-13,17H,7-8H2,1-2H3,(H,16,18). The highest BCUT2D eigenvalue weighted by molar-refractivity contribution is 5.87. The van der Waals surface area contributed by atoms with Gasteiger partial charge in [0.05, 0.1) is 12.0 Å². The molecule has 0 radical (unpaired) electrons. The third kappa shape index (κ3) is 1.57. The number of carbonyl (C=O) groups excluding carboxylic acids is 1. The topological polar surface area (TPSA) is 49.3 Å². The number of hydrogen-bond acceptors (Lipinski definition) is 2. The summed E-state index contributed by atoms with van der Waals surface area (Å²) < 4.78 is 0. The average molecular weight is 245 g/mol. The second-order valence-corrected chi connectivity index (χ2v) is 6.09. The van der Waals surface area contributed by atoms with E-state index in [1.165, 1.54) is 5.56 Å². The molecule has 3 atom stereocenters. The lowest BCUT2D eigenvalue weighted by atomic mass is 9.64. The van der Waals surface area contributed by atoms with Gasteiger partial charge in [-0.3, -0.25) is 4.79 Å². The van der Waals surface area contributed by atoms with Gasteiger partial charge in [-0.25, -0.2) is 0 Å². The van der Waals surface area contributed by atoms with Crippen molar-refractivity contribution in [3.05, 3.63) is 35.4 Å². The van der Waals surface area contributed by atoms with Crippen LogP contribution in [0.2, 0.25) is 0 Å². The molecule has 3 unspecified atom stereocenters. The number of hydrogen-bond donors (Lipinski definition) is 2. The molecule has 1 amide bonds. The van der Waals surface area contributed by atoms with E-state index in [1.807, 2.05) is 32.0 Å². The molecule has 0 aromatic heterocycles. The maximum absolute atomic E-state index is 12.2. The third-order valence-corrected chi connectivity index (χ3v) is 4.70. The molecular formula is C15H19NO2. The van der Waals surface area contributed by atoms with E-state index in [0.717, 1.165) is 12.0 Å². The van der Waals surface area contributed by atoms with Gasteiger partial charge in [-0.1, -0.05) is 38.1 Å². The van der Waals surface area contributed by atoms with Crippen molar-refractivity contribution < 1.29 is 9.90 Å². The Morgan fingerprint density at radius 1 is 1.39 bits per heavy atom. The number of benzene rings is 1. The molecule has 0 aliphatic heterocycles. The molecule has 3 rings (SSSR count). The second kappa shape index (κ2) is 3.82. The van der Waals surface area contributed by atoms with Crippen LogP contribution in [0.15, 0.2) is 24.3 Å². The Hall–Kier alpha value is -1.35. The van der Waals surface area contributed by atoms with Crippen molar-refractivity contribution in [2.24, 2.45) is 5.41 Å². The van der Waals surface area contributed by atoms with Gasteiger partial charge in [-0.05, 0) is 24.0 Å². The quantitative estimate of drug-likeness (QED) is 0.831. The van der Waals surface area contributed by atoms with Crippen molar-refractivity contribution in [3.8, 4) is 0 Å². The Morgan fingerprint density at radius 3 is 2.72 bits per heavy atom. The van der Waals surface area contributed by atoms with Gasteiger partial charge in [0.1, 0.15) is 0 Å². The molecule has 3 nitrogen and oxygen atoms in total. The maximum atomic E-state index is 12.2. The highest BCUT2D eigenvalue weighted by atomic mass is 16.3. The molecule has 0 spiro atoms. The molecule has 18 heavy (non-hydrogen) atoms. The second-order valence-electron chi connectivity index (χ2n) is 6.09. The molecule has 1 saturated carbocycles. The van der Waals surface area contributed by atoms with E-state index in [-0.39, 0.29) is 29.4 Å². The first kappa shape index (κ1) is 11.7. The fraction of sp³-hybridized carbons (Fsp3) is 0.533. The van der Waals surface area contributed by atoms with E-state index in [0.29, 0.717) is 6.42 Å². The summed E-state index contributed by atoms with van der Waals surface area (Å²) in [6.07, 6.45) is 1.22. The van der Waals surface area contributed by atoms with Gasteiger partial charge < -0.3 is 10.4 Å². The van der Waals surface area contributed by atoms with Gasteiger partial charge in [-0.2, -0.15) is 0 Å². The summed E-state index contributed by atoms with van der Waals surface area (Å²) in [6, 6.07) is 8.21. The molecule has 0 heterocycles. The zero-order valence-electron chi connectivity index (χ0n) is 10.8. The Morgan fingerprint density at radius 2 is 2.11 bits per heavy atom. The van der Waals surface area contributed by atoms with Crippen LogP contribution >= 0.6 is 0 Å². The zero-order valence-corrected chi connectivity index (χ0v) is 10.8. The van der Waals surface area contributed by atoms with Crippen molar-refractivity contribution in [3.63, 3.8) is 0 Å². The van der Waals surface area contributed by atoms with E-state index >= 15 is 0 Å². The highest BCUT2D eigenvalue weighted by Crippen LogP contribution is 2.41. The summed E-state index contributed by atoms with van der Waals surface area (Å²) >= 11 is 0. The molecule has 1 aromatic rings. The van der Waals surface area contributed by atoms with Crippen LogP contribution in [0.3, 0.4) is 0 Å². The Kier molecular flexibility index (Phi) is 2.49. The number of aliphatic hydroxyl groups excluding tert-OH is 1. The van der Waals surface area contributed by atoms with Gasteiger partial charge in [0.2, 0.25) is 5.91 Å². The van der Waals surface area contributed by atoms with Crippen molar-refractivity contribution in [2.75, 3.05) is 0 Å². The number of rotatable bonds is 2. The minimum atomic E-state index is -0.295. The molecule has 2 aliphatic rings. The number of nitrogens with one attached hydrogen (secondary N) is 1. The third-order valence-electron chi connectivity index (χ3n) is 4.70. The highest BCUT2D eigenvalue weighted by Gasteiger charge is 2.48. The van der Waals surface area contributed by atoms with Crippen LogP contribution < -0.4 is 5.32 Å². The molecule has 96 valence electrons. The molecule has 0 bridgehead atoms. The van der Waals surface area contributed by atoms with Crippen molar-refractivity contribution in [1.29, 1.82) is 0 Å². The van der Waals surface area contributed by atoms with E-state index in [2.05, 4.69) is 11.4 Å². The van der Waals surface area contributed by atoms with Crippen LogP contribution in [0.4, 0.5) is 0 Å². The van der Waals surface area contributed by atoms with Crippen molar-refractivity contribution in [2.45, 2.75) is 44.8 Å². The fourth-order valence-electron chi connectivity index (χ4n) is 2.91. The van der Waals surface area contributed by atoms with E-state index in [1.54, 1.807) is 0 Å². The Balaban J connectivity index is 1.65. The van der Waals surface area contributed by atoms with Gasteiger partial charge >= 0.3 is 0 Å². The molecular weight excluding hydrogens is 226 g/mol. The molecule has 0 saturated heterocycles. The predicted octanol–water partition coefficient (Wildman–Crippen LogP) is 1.60. The number of aliphatic hydroxyl groups is 1. The van der Waals surface area contributed by atoms with E-state index in [4.69, 9.17) is 0 Å². The molecule has 1 fully saturated rings. The zero-order chi connectivity index (χ0) is 12.9. The Labute approximate surface area is 107 Å². The normalized spacial score (nSPS) is 31.8. The predicted molar refractivity (Wildman–Crippen MR) is 69.2 cm³/mol.